The van der Waals surface area contributed by atoms with E-state index in [2.05, 4.69) is 14.9 Å². The van der Waals surface area contributed by atoms with Crippen LogP contribution in [0.3, 0.4) is 0 Å². The van der Waals surface area contributed by atoms with Gasteiger partial charge in [-0.15, -0.1) is 5.10 Å². The topological polar surface area (TPSA) is 98.0 Å². The van der Waals surface area contributed by atoms with E-state index >= 15 is 0 Å². The highest BCUT2D eigenvalue weighted by Crippen LogP contribution is 2.19. The van der Waals surface area contributed by atoms with Crippen molar-refractivity contribution in [3.05, 3.63) is 45.9 Å². The van der Waals surface area contributed by atoms with Gasteiger partial charge in [-0.1, -0.05) is 4.49 Å². The number of anilines is 1. The van der Waals surface area contributed by atoms with Gasteiger partial charge in [0.05, 0.1) is 16.7 Å². The SMILES string of the molecule is O=C(Nc1cnns1)c1cc([N+](=O)[O-])ccc1F. The minimum atomic E-state index is -0.837. The summed E-state index contributed by atoms with van der Waals surface area (Å²) in [6, 6.07) is 2.73. The zero-order chi connectivity index (χ0) is 13.1. The van der Waals surface area contributed by atoms with E-state index in [1.807, 2.05) is 0 Å². The molecule has 0 aliphatic heterocycles. The molecule has 0 saturated carbocycles. The van der Waals surface area contributed by atoms with Crippen molar-refractivity contribution in [3.8, 4) is 0 Å². The molecule has 0 spiro atoms. The number of nitro benzene ring substituents is 1. The van der Waals surface area contributed by atoms with E-state index < -0.39 is 22.2 Å². The first-order valence-corrected chi connectivity index (χ1v) is 5.38. The summed E-state index contributed by atoms with van der Waals surface area (Å²) in [4.78, 5) is 21.5. The van der Waals surface area contributed by atoms with E-state index in [4.69, 9.17) is 0 Å². The molecule has 1 N–H and O–H groups in total. The quantitative estimate of drug-likeness (QED) is 0.676. The number of halogens is 1. The Kier molecular flexibility index (Phi) is 3.24. The molecule has 1 aromatic carbocycles. The number of amides is 1. The Morgan fingerprint density at radius 1 is 1.50 bits per heavy atom. The molecule has 2 rings (SSSR count). The van der Waals surface area contributed by atoms with Crippen molar-refractivity contribution in [3.63, 3.8) is 0 Å². The molecule has 0 radical (unpaired) electrons. The molecule has 0 bridgehead atoms. The number of nitrogens with one attached hydrogen (secondary N) is 1. The predicted molar refractivity (Wildman–Crippen MR) is 60.9 cm³/mol. The summed E-state index contributed by atoms with van der Waals surface area (Å²) in [6.07, 6.45) is 1.29. The zero-order valence-corrected chi connectivity index (χ0v) is 9.48. The summed E-state index contributed by atoms with van der Waals surface area (Å²) in [7, 11) is 0. The van der Waals surface area contributed by atoms with Gasteiger partial charge in [-0.05, 0) is 6.07 Å². The van der Waals surface area contributed by atoms with Crippen molar-refractivity contribution in [1.82, 2.24) is 9.59 Å². The first-order chi connectivity index (χ1) is 8.58. The first kappa shape index (κ1) is 12.0. The molecule has 0 saturated heterocycles. The van der Waals surface area contributed by atoms with Crippen molar-refractivity contribution in [2.75, 3.05) is 5.32 Å². The second-order valence-corrected chi connectivity index (χ2v) is 3.94. The van der Waals surface area contributed by atoms with Crippen molar-refractivity contribution < 1.29 is 14.1 Å². The summed E-state index contributed by atoms with van der Waals surface area (Å²) in [5.74, 6) is -1.63. The molecule has 1 heterocycles. The Morgan fingerprint density at radius 3 is 2.89 bits per heavy atom. The van der Waals surface area contributed by atoms with Crippen LogP contribution < -0.4 is 5.32 Å². The molecular weight excluding hydrogens is 263 g/mol. The molecule has 1 amide bonds. The van der Waals surface area contributed by atoms with Crippen molar-refractivity contribution in [2.45, 2.75) is 0 Å². The number of hydrogen-bond donors (Lipinski definition) is 1. The molecule has 9 heteroatoms. The zero-order valence-electron chi connectivity index (χ0n) is 8.66. The lowest BCUT2D eigenvalue weighted by atomic mass is 10.2. The molecule has 2 aromatic rings. The van der Waals surface area contributed by atoms with Gasteiger partial charge in [-0.25, -0.2) is 4.39 Å². The third-order valence-corrected chi connectivity index (χ3v) is 2.58. The fourth-order valence-corrected chi connectivity index (χ4v) is 1.62. The number of aromatic nitrogens is 2. The minimum absolute atomic E-state index is 0.325. The largest absolute Gasteiger partial charge is 0.311 e. The second-order valence-electron chi connectivity index (χ2n) is 3.16. The molecular formula is C9H5FN4O3S. The Hall–Kier alpha value is -2.42. The monoisotopic (exact) mass is 268 g/mol. The van der Waals surface area contributed by atoms with E-state index in [-0.39, 0.29) is 5.69 Å². The van der Waals surface area contributed by atoms with Crippen LogP contribution >= 0.6 is 11.5 Å². The lowest BCUT2D eigenvalue weighted by Gasteiger charge is -2.02. The number of carbonyl (C=O) groups is 1. The van der Waals surface area contributed by atoms with E-state index in [0.29, 0.717) is 5.00 Å². The summed E-state index contributed by atoms with van der Waals surface area (Å²) in [6.45, 7) is 0. The molecule has 92 valence electrons. The van der Waals surface area contributed by atoms with Gasteiger partial charge >= 0.3 is 0 Å². The molecule has 0 atom stereocenters. The van der Waals surface area contributed by atoms with Crippen molar-refractivity contribution in [2.24, 2.45) is 0 Å². The predicted octanol–water partition coefficient (Wildman–Crippen LogP) is 1.84. The maximum atomic E-state index is 13.4. The van der Waals surface area contributed by atoms with Crippen LogP contribution in [0.5, 0.6) is 0 Å². The third-order valence-electron chi connectivity index (χ3n) is 2.00. The van der Waals surface area contributed by atoms with E-state index in [0.717, 1.165) is 29.7 Å². The molecule has 1 aromatic heterocycles. The highest BCUT2D eigenvalue weighted by molar-refractivity contribution is 7.10. The number of nitrogens with zero attached hydrogens (tertiary/aromatic N) is 3. The van der Waals surface area contributed by atoms with Gasteiger partial charge in [-0.2, -0.15) is 0 Å². The average Bonchev–Trinajstić information content (AvgIpc) is 2.81. The van der Waals surface area contributed by atoms with Gasteiger partial charge in [0.15, 0.2) is 0 Å². The Morgan fingerprint density at radius 2 is 2.28 bits per heavy atom. The summed E-state index contributed by atoms with van der Waals surface area (Å²) >= 11 is 0.913. The highest BCUT2D eigenvalue weighted by atomic mass is 32.1. The number of hydrogen-bond acceptors (Lipinski definition) is 6. The summed E-state index contributed by atoms with van der Waals surface area (Å²) < 4.78 is 16.9. The first-order valence-electron chi connectivity index (χ1n) is 4.60. The van der Waals surface area contributed by atoms with Crippen LogP contribution in [0.2, 0.25) is 0 Å². The Bertz CT molecular complexity index is 602. The third kappa shape index (κ3) is 2.46. The standard InChI is InChI=1S/C9H5FN4O3S/c10-7-2-1-5(14(16)17)3-6(7)9(15)12-8-4-11-13-18-8/h1-4H,(H,12,15). The van der Waals surface area contributed by atoms with Crippen LogP contribution in [-0.4, -0.2) is 20.4 Å². The van der Waals surface area contributed by atoms with Gasteiger partial charge in [0.25, 0.3) is 11.6 Å². The van der Waals surface area contributed by atoms with Crippen molar-refractivity contribution in [1.29, 1.82) is 0 Å². The van der Waals surface area contributed by atoms with Gasteiger partial charge < -0.3 is 5.32 Å². The second kappa shape index (κ2) is 4.84. The molecule has 0 aliphatic carbocycles. The Balaban J connectivity index is 2.29. The molecule has 0 unspecified atom stereocenters. The van der Waals surface area contributed by atoms with Crippen LogP contribution in [0.1, 0.15) is 10.4 Å². The van der Waals surface area contributed by atoms with Crippen molar-refractivity contribution >= 4 is 28.1 Å². The summed E-state index contributed by atoms with van der Waals surface area (Å²) in [5.41, 5.74) is -0.762. The fraction of sp³-hybridized carbons (Fsp3) is 0. The fourth-order valence-electron chi connectivity index (χ4n) is 1.20. The lowest BCUT2D eigenvalue weighted by Crippen LogP contribution is -2.13. The van der Waals surface area contributed by atoms with Gasteiger partial charge in [0.1, 0.15) is 10.8 Å². The maximum Gasteiger partial charge on any atom is 0.270 e. The molecule has 0 fully saturated rings. The van der Waals surface area contributed by atoms with Crippen LogP contribution in [0.25, 0.3) is 0 Å². The van der Waals surface area contributed by atoms with Crippen LogP contribution in [-0.2, 0) is 0 Å². The van der Waals surface area contributed by atoms with Gasteiger partial charge in [0, 0.05) is 23.7 Å². The summed E-state index contributed by atoms with van der Waals surface area (Å²) in [5, 5.41) is 16.7. The van der Waals surface area contributed by atoms with Crippen LogP contribution in [0.4, 0.5) is 15.1 Å². The number of non-ortho nitro benzene ring substituents is 1. The number of carbonyl (C=O) groups excluding carboxylic acids is 1. The van der Waals surface area contributed by atoms with E-state index in [9.17, 15) is 19.3 Å². The van der Waals surface area contributed by atoms with Gasteiger partial charge in [0.2, 0.25) is 0 Å². The maximum absolute atomic E-state index is 13.4. The van der Waals surface area contributed by atoms with Crippen LogP contribution in [0, 0.1) is 15.9 Å². The minimum Gasteiger partial charge on any atom is -0.311 e. The van der Waals surface area contributed by atoms with E-state index in [1.54, 1.807) is 0 Å². The normalized spacial score (nSPS) is 10.1. The van der Waals surface area contributed by atoms with Crippen LogP contribution in [0.15, 0.2) is 24.4 Å². The smallest absolute Gasteiger partial charge is 0.270 e. The molecule has 7 nitrogen and oxygen atoms in total. The van der Waals surface area contributed by atoms with Gasteiger partial charge in [-0.3, -0.25) is 14.9 Å². The lowest BCUT2D eigenvalue weighted by molar-refractivity contribution is -0.384. The Labute approximate surface area is 104 Å². The number of rotatable bonds is 3. The molecule has 0 aliphatic rings. The number of nitro groups is 1. The van der Waals surface area contributed by atoms with E-state index in [1.165, 1.54) is 6.20 Å². The molecule has 18 heavy (non-hydrogen) atoms. The highest BCUT2D eigenvalue weighted by Gasteiger charge is 2.17. The average molecular weight is 268 g/mol. The number of benzene rings is 1.